The van der Waals surface area contributed by atoms with Crippen molar-refractivity contribution in [2.45, 2.75) is 6.35 Å². The van der Waals surface area contributed by atoms with Crippen molar-refractivity contribution in [3.63, 3.8) is 0 Å². The molecule has 0 N–H and O–H groups in total. The molecule has 1 heterocycles. The van der Waals surface area contributed by atoms with E-state index in [1.807, 2.05) is 30.3 Å². The van der Waals surface area contributed by atoms with Gasteiger partial charge in [0.2, 0.25) is 6.35 Å². The van der Waals surface area contributed by atoms with Gasteiger partial charge in [0, 0.05) is 13.1 Å². The third kappa shape index (κ3) is 1.89. The highest BCUT2D eigenvalue weighted by atomic mass is 16.5. The van der Waals surface area contributed by atoms with E-state index < -0.39 is 0 Å². The predicted octanol–water partition coefficient (Wildman–Crippen LogP) is 1.23. The molecule has 0 unspecified atom stereocenters. The maximum Gasteiger partial charge on any atom is 0.211 e. The summed E-state index contributed by atoms with van der Waals surface area (Å²) in [6, 6.07) is 9.95. The molecule has 0 radical (unpaired) electrons. The Bertz CT molecular complexity index is 279. The molecule has 1 aromatic rings. The maximum atomic E-state index is 5.85. The van der Waals surface area contributed by atoms with Crippen molar-refractivity contribution < 1.29 is 4.74 Å². The monoisotopic (exact) mass is 192 g/mol. The fourth-order valence-corrected chi connectivity index (χ4v) is 1.67. The van der Waals surface area contributed by atoms with Gasteiger partial charge in [0.1, 0.15) is 5.75 Å². The summed E-state index contributed by atoms with van der Waals surface area (Å²) in [5.74, 6) is 0.929. The predicted molar refractivity (Wildman–Crippen MR) is 56.1 cm³/mol. The van der Waals surface area contributed by atoms with E-state index in [0.29, 0.717) is 0 Å². The average Bonchev–Trinajstić information content (AvgIpc) is 2.51. The zero-order valence-corrected chi connectivity index (χ0v) is 8.68. The Balaban J connectivity index is 2.04. The molecule has 1 aliphatic rings. The lowest BCUT2D eigenvalue weighted by atomic mass is 10.3. The molecule has 0 amide bonds. The van der Waals surface area contributed by atoms with Gasteiger partial charge in [-0.15, -0.1) is 0 Å². The standard InChI is InChI=1S/C11H16N2O/c1-12-8-9-13(2)11(12)14-10-6-4-3-5-7-10/h3-7,11H,8-9H2,1-2H3. The van der Waals surface area contributed by atoms with Crippen molar-refractivity contribution >= 4 is 0 Å². The first-order valence-corrected chi connectivity index (χ1v) is 4.89. The highest BCUT2D eigenvalue weighted by Gasteiger charge is 2.27. The largest absolute Gasteiger partial charge is 0.462 e. The van der Waals surface area contributed by atoms with Gasteiger partial charge in [-0.2, -0.15) is 0 Å². The van der Waals surface area contributed by atoms with Crippen molar-refractivity contribution in [1.82, 2.24) is 9.80 Å². The molecular weight excluding hydrogens is 176 g/mol. The molecule has 3 nitrogen and oxygen atoms in total. The zero-order chi connectivity index (χ0) is 9.97. The average molecular weight is 192 g/mol. The highest BCUT2D eigenvalue weighted by Crippen LogP contribution is 2.16. The number of nitrogens with zero attached hydrogens (tertiary/aromatic N) is 2. The summed E-state index contributed by atoms with van der Waals surface area (Å²) in [5.41, 5.74) is 0. The van der Waals surface area contributed by atoms with E-state index in [1.54, 1.807) is 0 Å². The van der Waals surface area contributed by atoms with E-state index in [1.165, 1.54) is 0 Å². The quantitative estimate of drug-likeness (QED) is 0.701. The number of hydrogen-bond acceptors (Lipinski definition) is 3. The molecule has 76 valence electrons. The van der Waals surface area contributed by atoms with Gasteiger partial charge in [-0.1, -0.05) is 18.2 Å². The molecule has 0 atom stereocenters. The van der Waals surface area contributed by atoms with E-state index in [0.717, 1.165) is 18.8 Å². The third-order valence-corrected chi connectivity index (χ3v) is 2.54. The minimum absolute atomic E-state index is 0.0809. The van der Waals surface area contributed by atoms with Crippen LogP contribution < -0.4 is 4.74 Å². The molecule has 0 aliphatic carbocycles. The van der Waals surface area contributed by atoms with Gasteiger partial charge >= 0.3 is 0 Å². The number of benzene rings is 1. The lowest BCUT2D eigenvalue weighted by Crippen LogP contribution is -2.39. The Labute approximate surface area is 84.9 Å². The normalized spacial score (nSPS) is 20.1. The number of rotatable bonds is 2. The minimum atomic E-state index is 0.0809. The van der Waals surface area contributed by atoms with Crippen molar-refractivity contribution in [2.24, 2.45) is 0 Å². The summed E-state index contributed by atoms with van der Waals surface area (Å²) >= 11 is 0. The SMILES string of the molecule is CN1CCN(C)C1Oc1ccccc1. The molecule has 3 heteroatoms. The van der Waals surface area contributed by atoms with Crippen LogP contribution in [0.25, 0.3) is 0 Å². The molecular formula is C11H16N2O. The van der Waals surface area contributed by atoms with E-state index in [2.05, 4.69) is 23.9 Å². The first kappa shape index (κ1) is 9.49. The molecule has 1 aromatic carbocycles. The van der Waals surface area contributed by atoms with Crippen LogP contribution in [-0.2, 0) is 0 Å². The lowest BCUT2D eigenvalue weighted by molar-refractivity contribution is -0.0105. The van der Waals surface area contributed by atoms with E-state index in [9.17, 15) is 0 Å². The van der Waals surface area contributed by atoms with Crippen LogP contribution in [-0.4, -0.2) is 43.3 Å². The van der Waals surface area contributed by atoms with Gasteiger partial charge in [-0.3, -0.25) is 9.80 Å². The van der Waals surface area contributed by atoms with Gasteiger partial charge in [-0.05, 0) is 26.2 Å². The second kappa shape index (κ2) is 3.98. The van der Waals surface area contributed by atoms with E-state index in [4.69, 9.17) is 4.74 Å². The smallest absolute Gasteiger partial charge is 0.211 e. The molecule has 14 heavy (non-hydrogen) atoms. The molecule has 0 spiro atoms. The van der Waals surface area contributed by atoms with Gasteiger partial charge in [-0.25, -0.2) is 0 Å². The number of para-hydroxylation sites is 1. The molecule has 0 bridgehead atoms. The van der Waals surface area contributed by atoms with E-state index in [-0.39, 0.29) is 6.35 Å². The Kier molecular flexibility index (Phi) is 2.70. The topological polar surface area (TPSA) is 15.7 Å². The summed E-state index contributed by atoms with van der Waals surface area (Å²) in [4.78, 5) is 4.40. The third-order valence-electron chi connectivity index (χ3n) is 2.54. The minimum Gasteiger partial charge on any atom is -0.462 e. The van der Waals surface area contributed by atoms with Crippen LogP contribution in [0.1, 0.15) is 0 Å². The lowest BCUT2D eigenvalue weighted by Gasteiger charge is -2.25. The first-order chi connectivity index (χ1) is 6.77. The van der Waals surface area contributed by atoms with Crippen molar-refractivity contribution in [3.05, 3.63) is 30.3 Å². The first-order valence-electron chi connectivity index (χ1n) is 4.89. The van der Waals surface area contributed by atoms with Gasteiger partial charge in [0.05, 0.1) is 0 Å². The Hall–Kier alpha value is -1.06. The fourth-order valence-electron chi connectivity index (χ4n) is 1.67. The zero-order valence-electron chi connectivity index (χ0n) is 8.68. The second-order valence-electron chi connectivity index (χ2n) is 3.72. The second-order valence-corrected chi connectivity index (χ2v) is 3.72. The summed E-state index contributed by atoms with van der Waals surface area (Å²) < 4.78 is 5.85. The van der Waals surface area contributed by atoms with Gasteiger partial charge < -0.3 is 4.74 Å². The highest BCUT2D eigenvalue weighted by molar-refractivity contribution is 5.21. The summed E-state index contributed by atoms with van der Waals surface area (Å²) in [6.07, 6.45) is 0.0809. The molecule has 1 aliphatic heterocycles. The molecule has 0 aromatic heterocycles. The molecule has 0 saturated carbocycles. The van der Waals surface area contributed by atoms with Crippen LogP contribution in [0.5, 0.6) is 5.75 Å². The number of hydrogen-bond donors (Lipinski definition) is 0. The van der Waals surface area contributed by atoms with Crippen molar-refractivity contribution in [3.8, 4) is 5.75 Å². The van der Waals surface area contributed by atoms with Gasteiger partial charge in [0.15, 0.2) is 0 Å². The Morgan fingerprint density at radius 3 is 2.21 bits per heavy atom. The van der Waals surface area contributed by atoms with Crippen LogP contribution in [0.4, 0.5) is 0 Å². The summed E-state index contributed by atoms with van der Waals surface area (Å²) in [6.45, 7) is 2.13. The van der Waals surface area contributed by atoms with Crippen LogP contribution in [0.15, 0.2) is 30.3 Å². The Morgan fingerprint density at radius 1 is 1.07 bits per heavy atom. The summed E-state index contributed by atoms with van der Waals surface area (Å²) in [7, 11) is 4.16. The van der Waals surface area contributed by atoms with Crippen molar-refractivity contribution in [1.29, 1.82) is 0 Å². The number of likely N-dealkylation sites (N-methyl/N-ethyl adjacent to an activating group) is 2. The Morgan fingerprint density at radius 2 is 1.64 bits per heavy atom. The van der Waals surface area contributed by atoms with E-state index >= 15 is 0 Å². The van der Waals surface area contributed by atoms with Gasteiger partial charge in [0.25, 0.3) is 0 Å². The fraction of sp³-hybridized carbons (Fsp3) is 0.455. The van der Waals surface area contributed by atoms with Crippen LogP contribution >= 0.6 is 0 Å². The maximum absolute atomic E-state index is 5.85. The summed E-state index contributed by atoms with van der Waals surface area (Å²) in [5, 5.41) is 0. The van der Waals surface area contributed by atoms with Crippen LogP contribution in [0, 0.1) is 0 Å². The van der Waals surface area contributed by atoms with Crippen LogP contribution in [0.2, 0.25) is 0 Å². The molecule has 1 fully saturated rings. The van der Waals surface area contributed by atoms with Crippen LogP contribution in [0.3, 0.4) is 0 Å². The number of ether oxygens (including phenoxy) is 1. The van der Waals surface area contributed by atoms with Crippen molar-refractivity contribution in [2.75, 3.05) is 27.2 Å². The molecule has 1 saturated heterocycles. The molecule has 2 rings (SSSR count).